The Kier molecular flexibility index (Phi) is 5.09. The highest BCUT2D eigenvalue weighted by atomic mass is 16.5. The van der Waals surface area contributed by atoms with E-state index in [0.29, 0.717) is 18.4 Å². The summed E-state index contributed by atoms with van der Waals surface area (Å²) in [7, 11) is 3.26. The summed E-state index contributed by atoms with van der Waals surface area (Å²) in [6, 6.07) is 17.5. The number of aromatic nitrogens is 2. The summed E-state index contributed by atoms with van der Waals surface area (Å²) in [6.45, 7) is 2.04. The minimum atomic E-state index is -0.157. The molecule has 3 aromatic carbocycles. The third-order valence-corrected chi connectivity index (χ3v) is 6.07. The molecule has 2 amide bonds. The molecule has 2 N–H and O–H groups in total. The topological polar surface area (TPSA) is 85.2 Å². The normalized spacial score (nSPS) is 12.9. The lowest BCUT2D eigenvalue weighted by Gasteiger charge is -2.19. The Morgan fingerprint density at radius 2 is 1.94 bits per heavy atom. The average Bonchev–Trinajstić information content (AvgIpc) is 3.22. The third-order valence-electron chi connectivity index (χ3n) is 6.07. The number of fused-ring (bicyclic) bond motifs is 2. The lowest BCUT2D eigenvalue weighted by Crippen LogP contribution is -2.19. The number of rotatable bonds is 4. The molecule has 7 heteroatoms. The van der Waals surface area contributed by atoms with Crippen molar-refractivity contribution >= 4 is 28.5 Å². The van der Waals surface area contributed by atoms with Gasteiger partial charge < -0.3 is 15.4 Å². The van der Waals surface area contributed by atoms with Crippen LogP contribution in [0.25, 0.3) is 28.1 Å². The van der Waals surface area contributed by atoms with Gasteiger partial charge in [-0.2, -0.15) is 0 Å². The molecular formula is C26H24N4O3. The second-order valence-corrected chi connectivity index (χ2v) is 8.12. The van der Waals surface area contributed by atoms with E-state index in [1.54, 1.807) is 20.2 Å². The number of ether oxygens (including phenoxy) is 1. The van der Waals surface area contributed by atoms with Crippen molar-refractivity contribution in [3.05, 3.63) is 71.3 Å². The van der Waals surface area contributed by atoms with Gasteiger partial charge in [-0.3, -0.25) is 14.2 Å². The Labute approximate surface area is 191 Å². The van der Waals surface area contributed by atoms with Crippen LogP contribution >= 0.6 is 0 Å². The van der Waals surface area contributed by atoms with Crippen molar-refractivity contribution in [3.63, 3.8) is 0 Å². The average molecular weight is 441 g/mol. The van der Waals surface area contributed by atoms with Crippen LogP contribution < -0.4 is 15.4 Å². The number of nitrogens with zero attached hydrogens (tertiary/aromatic N) is 2. The molecule has 5 rings (SSSR count). The molecule has 0 atom stereocenters. The molecule has 33 heavy (non-hydrogen) atoms. The molecular weight excluding hydrogens is 416 g/mol. The van der Waals surface area contributed by atoms with Crippen LogP contribution in [-0.4, -0.2) is 35.5 Å². The molecule has 0 unspecified atom stereocenters. The zero-order chi connectivity index (χ0) is 23.1. The largest absolute Gasteiger partial charge is 0.497 e. The van der Waals surface area contributed by atoms with E-state index in [-0.39, 0.29) is 11.8 Å². The number of methoxy groups -OCH3 is 1. The smallest absolute Gasteiger partial charge is 0.251 e. The Bertz CT molecular complexity index is 1420. The minimum Gasteiger partial charge on any atom is -0.497 e. The van der Waals surface area contributed by atoms with Gasteiger partial charge in [0.05, 0.1) is 18.1 Å². The number of carbonyl (C=O) groups is 2. The van der Waals surface area contributed by atoms with Crippen molar-refractivity contribution in [2.75, 3.05) is 19.5 Å². The summed E-state index contributed by atoms with van der Waals surface area (Å²) in [4.78, 5) is 29.0. The van der Waals surface area contributed by atoms with Gasteiger partial charge in [0.25, 0.3) is 5.91 Å². The number of imidazole rings is 1. The molecule has 0 spiro atoms. The first kappa shape index (κ1) is 20.8. The van der Waals surface area contributed by atoms with Gasteiger partial charge in [-0.1, -0.05) is 6.07 Å². The lowest BCUT2D eigenvalue weighted by atomic mass is 10.0. The molecule has 2 heterocycles. The monoisotopic (exact) mass is 440 g/mol. The fourth-order valence-electron chi connectivity index (χ4n) is 4.29. The van der Waals surface area contributed by atoms with E-state index in [1.165, 1.54) is 0 Å². The minimum absolute atomic E-state index is 0.0396. The van der Waals surface area contributed by atoms with Crippen molar-refractivity contribution in [2.24, 2.45) is 0 Å². The lowest BCUT2D eigenvalue weighted by molar-refractivity contribution is -0.116. The SMILES string of the molecule is CNC(=O)c1ccc2c(c1)nc(-c1cc(OC)ccc1C)n2-c1ccc2c(c1)CCC(=O)N2. The number of amides is 2. The highest BCUT2D eigenvalue weighted by Crippen LogP contribution is 2.34. The summed E-state index contributed by atoms with van der Waals surface area (Å²) in [5.74, 6) is 1.39. The van der Waals surface area contributed by atoms with Crippen molar-refractivity contribution in [1.82, 2.24) is 14.9 Å². The number of aryl methyl sites for hydroxylation is 2. The van der Waals surface area contributed by atoms with E-state index in [2.05, 4.69) is 21.3 Å². The van der Waals surface area contributed by atoms with Gasteiger partial charge in [-0.25, -0.2) is 4.98 Å². The van der Waals surface area contributed by atoms with Crippen LogP contribution in [0.4, 0.5) is 5.69 Å². The van der Waals surface area contributed by atoms with Crippen LogP contribution in [-0.2, 0) is 11.2 Å². The van der Waals surface area contributed by atoms with E-state index in [1.807, 2.05) is 49.4 Å². The second kappa shape index (κ2) is 8.09. The van der Waals surface area contributed by atoms with Gasteiger partial charge in [0.1, 0.15) is 11.6 Å². The maximum Gasteiger partial charge on any atom is 0.251 e. The molecule has 4 aromatic rings. The predicted octanol–water partition coefficient (Wildman–Crippen LogP) is 4.25. The molecule has 0 radical (unpaired) electrons. The van der Waals surface area contributed by atoms with E-state index in [0.717, 1.165) is 50.7 Å². The highest BCUT2D eigenvalue weighted by Gasteiger charge is 2.20. The zero-order valence-corrected chi connectivity index (χ0v) is 18.7. The Morgan fingerprint density at radius 1 is 1.09 bits per heavy atom. The van der Waals surface area contributed by atoms with Gasteiger partial charge in [-0.15, -0.1) is 0 Å². The van der Waals surface area contributed by atoms with E-state index < -0.39 is 0 Å². The molecule has 0 saturated heterocycles. The van der Waals surface area contributed by atoms with Crippen LogP contribution in [0.1, 0.15) is 27.9 Å². The number of anilines is 1. The predicted molar refractivity (Wildman–Crippen MR) is 128 cm³/mol. The van der Waals surface area contributed by atoms with E-state index >= 15 is 0 Å². The van der Waals surface area contributed by atoms with Gasteiger partial charge in [0.2, 0.25) is 5.91 Å². The standard InChI is InChI=1S/C26H24N4O3/c1-15-4-8-19(33-3)14-20(15)25-29-22-13-17(26(32)27-2)5-10-23(22)30(25)18-7-9-21-16(12-18)6-11-24(31)28-21/h4-5,7-10,12-14H,6,11H2,1-3H3,(H,27,32)(H,28,31). The molecule has 1 aromatic heterocycles. The van der Waals surface area contributed by atoms with Crippen molar-refractivity contribution in [2.45, 2.75) is 19.8 Å². The fraction of sp³-hybridized carbons (Fsp3) is 0.192. The Balaban J connectivity index is 1.77. The van der Waals surface area contributed by atoms with Crippen molar-refractivity contribution < 1.29 is 14.3 Å². The first-order chi connectivity index (χ1) is 16.0. The Hall–Kier alpha value is -4.13. The van der Waals surface area contributed by atoms with Crippen LogP contribution in [0.5, 0.6) is 5.75 Å². The number of hydrogen-bond donors (Lipinski definition) is 2. The number of benzene rings is 3. The zero-order valence-electron chi connectivity index (χ0n) is 18.7. The van der Waals surface area contributed by atoms with Gasteiger partial charge in [0.15, 0.2) is 0 Å². The third kappa shape index (κ3) is 3.61. The maximum absolute atomic E-state index is 12.2. The summed E-state index contributed by atoms with van der Waals surface area (Å²) < 4.78 is 7.57. The molecule has 0 aliphatic carbocycles. The van der Waals surface area contributed by atoms with Crippen molar-refractivity contribution in [1.29, 1.82) is 0 Å². The summed E-state index contributed by atoms with van der Waals surface area (Å²) in [6.07, 6.45) is 1.16. The molecule has 7 nitrogen and oxygen atoms in total. The van der Waals surface area contributed by atoms with Crippen molar-refractivity contribution in [3.8, 4) is 22.8 Å². The quantitative estimate of drug-likeness (QED) is 0.497. The van der Waals surface area contributed by atoms with Gasteiger partial charge in [0, 0.05) is 36.0 Å². The second-order valence-electron chi connectivity index (χ2n) is 8.12. The number of carbonyl (C=O) groups excluding carboxylic acids is 2. The molecule has 0 fully saturated rings. The molecule has 1 aliphatic rings. The van der Waals surface area contributed by atoms with E-state index in [4.69, 9.17) is 9.72 Å². The van der Waals surface area contributed by atoms with Crippen LogP contribution in [0.2, 0.25) is 0 Å². The van der Waals surface area contributed by atoms with Gasteiger partial charge in [-0.05, 0) is 73.0 Å². The first-order valence-electron chi connectivity index (χ1n) is 10.8. The van der Waals surface area contributed by atoms with Gasteiger partial charge >= 0.3 is 0 Å². The summed E-state index contributed by atoms with van der Waals surface area (Å²) in [5, 5.41) is 5.61. The summed E-state index contributed by atoms with van der Waals surface area (Å²) >= 11 is 0. The Morgan fingerprint density at radius 3 is 2.73 bits per heavy atom. The fourth-order valence-corrected chi connectivity index (χ4v) is 4.29. The summed E-state index contributed by atoms with van der Waals surface area (Å²) in [5.41, 5.74) is 7.04. The van der Waals surface area contributed by atoms with Crippen LogP contribution in [0.15, 0.2) is 54.6 Å². The van der Waals surface area contributed by atoms with Crippen LogP contribution in [0, 0.1) is 6.92 Å². The number of hydrogen-bond acceptors (Lipinski definition) is 4. The highest BCUT2D eigenvalue weighted by molar-refractivity contribution is 5.98. The number of nitrogens with one attached hydrogen (secondary N) is 2. The maximum atomic E-state index is 12.2. The molecule has 1 aliphatic heterocycles. The first-order valence-corrected chi connectivity index (χ1v) is 10.8. The van der Waals surface area contributed by atoms with E-state index in [9.17, 15) is 9.59 Å². The molecule has 166 valence electrons. The molecule has 0 saturated carbocycles. The molecule has 0 bridgehead atoms. The van der Waals surface area contributed by atoms with Crippen LogP contribution in [0.3, 0.4) is 0 Å².